The monoisotopic (exact) mass is 225 g/mol. The zero-order chi connectivity index (χ0) is 10.7. The first-order chi connectivity index (χ1) is 7.30. The van der Waals surface area contributed by atoms with E-state index < -0.39 is 0 Å². The molecular weight excluding hydrogens is 206 g/mol. The number of hydrogen-bond acceptors (Lipinski definition) is 1. The third-order valence-corrected chi connectivity index (χ3v) is 4.31. The van der Waals surface area contributed by atoms with E-state index in [0.717, 1.165) is 12.3 Å². The normalized spacial score (nSPS) is 36.3. The van der Waals surface area contributed by atoms with Crippen molar-refractivity contribution in [3.63, 3.8) is 0 Å². The fourth-order valence-corrected chi connectivity index (χ4v) is 2.99. The molecule has 0 aromatic heterocycles. The lowest BCUT2D eigenvalue weighted by Crippen LogP contribution is -2.45. The lowest BCUT2D eigenvalue weighted by Gasteiger charge is -2.39. The summed E-state index contributed by atoms with van der Waals surface area (Å²) in [5.74, 6) is 1.52. The van der Waals surface area contributed by atoms with Crippen LogP contribution in [0.4, 0.5) is 0 Å². The predicted molar refractivity (Wildman–Crippen MR) is 66.3 cm³/mol. The Morgan fingerprint density at radius 3 is 2.87 bits per heavy atom. The van der Waals surface area contributed by atoms with Crippen LogP contribution in [-0.2, 0) is 0 Å². The van der Waals surface area contributed by atoms with Crippen molar-refractivity contribution in [3.8, 4) is 0 Å². The molecule has 1 heterocycles. The van der Waals surface area contributed by atoms with Gasteiger partial charge in [-0.3, -0.25) is 4.90 Å². The second-order valence-electron chi connectivity index (χ2n) is 4.70. The third-order valence-electron chi connectivity index (χ3n) is 3.87. The van der Waals surface area contributed by atoms with Crippen LogP contribution in [0.15, 0.2) is 24.3 Å². The molecule has 2 rings (SSSR count). The predicted octanol–water partition coefficient (Wildman–Crippen LogP) is 3.21. The summed E-state index contributed by atoms with van der Waals surface area (Å²) in [5, 5.41) is 0. The van der Waals surface area contributed by atoms with E-state index >= 15 is 0 Å². The molecule has 0 N–H and O–H groups in total. The van der Waals surface area contributed by atoms with Gasteiger partial charge in [-0.25, -0.2) is 0 Å². The highest BCUT2D eigenvalue weighted by Crippen LogP contribution is 2.33. The standard InChI is InChI=1S/C13H20ClN/c1-2-13(7-4-3-5-8-13)15-9-6-12(10-14)11-15/h3-5,7,12H,2,6,8-11H2,1H3/t12-,13-/m1/s1. The van der Waals surface area contributed by atoms with Gasteiger partial charge in [-0.05, 0) is 31.7 Å². The number of allylic oxidation sites excluding steroid dienone is 2. The van der Waals surface area contributed by atoms with Gasteiger partial charge in [-0.15, -0.1) is 11.6 Å². The molecule has 0 amide bonds. The Balaban J connectivity index is 2.07. The molecule has 2 aliphatic rings. The summed E-state index contributed by atoms with van der Waals surface area (Å²) in [5.41, 5.74) is 0.287. The van der Waals surface area contributed by atoms with Gasteiger partial charge in [0.25, 0.3) is 0 Å². The molecule has 0 bridgehead atoms. The molecule has 1 nitrogen and oxygen atoms in total. The van der Waals surface area contributed by atoms with E-state index in [-0.39, 0.29) is 5.54 Å². The van der Waals surface area contributed by atoms with E-state index in [4.69, 9.17) is 11.6 Å². The van der Waals surface area contributed by atoms with E-state index in [1.54, 1.807) is 0 Å². The maximum Gasteiger partial charge on any atom is 0.0426 e. The van der Waals surface area contributed by atoms with Crippen molar-refractivity contribution in [2.75, 3.05) is 19.0 Å². The van der Waals surface area contributed by atoms with Gasteiger partial charge < -0.3 is 0 Å². The largest absolute Gasteiger partial charge is 0.294 e. The molecule has 0 aromatic rings. The molecule has 0 spiro atoms. The van der Waals surface area contributed by atoms with Crippen LogP contribution in [-0.4, -0.2) is 29.4 Å². The van der Waals surface area contributed by atoms with Crippen molar-refractivity contribution in [1.29, 1.82) is 0 Å². The average molecular weight is 226 g/mol. The van der Waals surface area contributed by atoms with Gasteiger partial charge in [0.05, 0.1) is 0 Å². The summed E-state index contributed by atoms with van der Waals surface area (Å²) in [4.78, 5) is 2.63. The van der Waals surface area contributed by atoms with Crippen LogP contribution in [0.3, 0.4) is 0 Å². The van der Waals surface area contributed by atoms with Gasteiger partial charge in [-0.2, -0.15) is 0 Å². The molecule has 0 saturated carbocycles. The van der Waals surface area contributed by atoms with Crippen molar-refractivity contribution < 1.29 is 0 Å². The molecule has 0 aromatic carbocycles. The Hall–Kier alpha value is -0.270. The number of halogens is 1. The molecule has 15 heavy (non-hydrogen) atoms. The van der Waals surface area contributed by atoms with Gasteiger partial charge in [0.1, 0.15) is 0 Å². The Morgan fingerprint density at radius 1 is 1.47 bits per heavy atom. The molecular formula is C13H20ClN. The number of rotatable bonds is 3. The maximum atomic E-state index is 5.94. The van der Waals surface area contributed by atoms with Gasteiger partial charge in [0.2, 0.25) is 0 Å². The van der Waals surface area contributed by atoms with E-state index in [2.05, 4.69) is 36.1 Å². The quantitative estimate of drug-likeness (QED) is 0.667. The van der Waals surface area contributed by atoms with E-state index in [1.165, 1.54) is 25.9 Å². The zero-order valence-electron chi connectivity index (χ0n) is 9.45. The molecule has 1 aliphatic heterocycles. The Bertz CT molecular complexity index is 272. The smallest absolute Gasteiger partial charge is 0.0426 e. The topological polar surface area (TPSA) is 3.24 Å². The highest BCUT2D eigenvalue weighted by atomic mass is 35.5. The first kappa shape index (κ1) is 11.2. The summed E-state index contributed by atoms with van der Waals surface area (Å²) in [6.07, 6.45) is 12.6. The molecule has 84 valence electrons. The molecule has 0 unspecified atom stereocenters. The zero-order valence-corrected chi connectivity index (χ0v) is 10.2. The third kappa shape index (κ3) is 2.14. The van der Waals surface area contributed by atoms with E-state index in [1.807, 2.05) is 0 Å². The number of likely N-dealkylation sites (tertiary alicyclic amines) is 1. The van der Waals surface area contributed by atoms with Crippen LogP contribution >= 0.6 is 11.6 Å². The summed E-state index contributed by atoms with van der Waals surface area (Å²) in [6.45, 7) is 4.68. The summed E-state index contributed by atoms with van der Waals surface area (Å²) in [7, 11) is 0. The summed E-state index contributed by atoms with van der Waals surface area (Å²) < 4.78 is 0. The van der Waals surface area contributed by atoms with Crippen molar-refractivity contribution in [3.05, 3.63) is 24.3 Å². The van der Waals surface area contributed by atoms with Crippen molar-refractivity contribution in [1.82, 2.24) is 4.90 Å². The minimum absolute atomic E-state index is 0.287. The van der Waals surface area contributed by atoms with Crippen molar-refractivity contribution >= 4 is 11.6 Å². The van der Waals surface area contributed by atoms with Gasteiger partial charge >= 0.3 is 0 Å². The maximum absolute atomic E-state index is 5.94. The van der Waals surface area contributed by atoms with Gasteiger partial charge in [-0.1, -0.05) is 31.2 Å². The minimum atomic E-state index is 0.287. The Kier molecular flexibility index (Phi) is 3.53. The van der Waals surface area contributed by atoms with Crippen molar-refractivity contribution in [2.45, 2.75) is 31.7 Å². The van der Waals surface area contributed by atoms with Gasteiger partial charge in [0.15, 0.2) is 0 Å². The second kappa shape index (κ2) is 4.71. The highest BCUT2D eigenvalue weighted by Gasteiger charge is 2.36. The highest BCUT2D eigenvalue weighted by molar-refractivity contribution is 6.18. The number of hydrogen-bond donors (Lipinski definition) is 0. The summed E-state index contributed by atoms with van der Waals surface area (Å²) in [6, 6.07) is 0. The Morgan fingerprint density at radius 2 is 2.33 bits per heavy atom. The SMILES string of the molecule is CC[C@@]1(N2CC[C@H](CCl)C2)C=CC=CC1. The van der Waals surface area contributed by atoms with Crippen LogP contribution in [0.25, 0.3) is 0 Å². The average Bonchev–Trinajstić information content (AvgIpc) is 2.79. The molecule has 0 radical (unpaired) electrons. The lowest BCUT2D eigenvalue weighted by molar-refractivity contribution is 0.156. The van der Waals surface area contributed by atoms with Crippen LogP contribution in [0, 0.1) is 5.92 Å². The molecule has 1 saturated heterocycles. The van der Waals surface area contributed by atoms with E-state index in [9.17, 15) is 0 Å². The van der Waals surface area contributed by atoms with Crippen molar-refractivity contribution in [2.24, 2.45) is 5.92 Å². The molecule has 2 atom stereocenters. The number of nitrogens with zero attached hydrogens (tertiary/aromatic N) is 1. The first-order valence-corrected chi connectivity index (χ1v) is 6.49. The van der Waals surface area contributed by atoms with E-state index in [0.29, 0.717) is 5.92 Å². The molecule has 1 fully saturated rings. The van der Waals surface area contributed by atoms with Crippen LogP contribution in [0.1, 0.15) is 26.2 Å². The van der Waals surface area contributed by atoms with Gasteiger partial charge in [0, 0.05) is 18.0 Å². The van der Waals surface area contributed by atoms with Crippen LogP contribution in [0.5, 0.6) is 0 Å². The second-order valence-corrected chi connectivity index (χ2v) is 5.01. The fraction of sp³-hybridized carbons (Fsp3) is 0.692. The van der Waals surface area contributed by atoms with Crippen LogP contribution in [0.2, 0.25) is 0 Å². The first-order valence-electron chi connectivity index (χ1n) is 5.96. The lowest BCUT2D eigenvalue weighted by atomic mass is 9.87. The fourth-order valence-electron chi connectivity index (χ4n) is 2.74. The minimum Gasteiger partial charge on any atom is -0.294 e. The van der Waals surface area contributed by atoms with Crippen LogP contribution < -0.4 is 0 Å². The Labute approximate surface area is 97.8 Å². The molecule has 1 aliphatic carbocycles. The molecule has 2 heteroatoms. The number of alkyl halides is 1. The summed E-state index contributed by atoms with van der Waals surface area (Å²) >= 11 is 5.94.